The van der Waals surface area contributed by atoms with E-state index in [1.165, 1.54) is 0 Å². The predicted molar refractivity (Wildman–Crippen MR) is 107 cm³/mol. The molecule has 2 aliphatic rings. The molecule has 1 atom stereocenters. The lowest BCUT2D eigenvalue weighted by Gasteiger charge is -2.37. The monoisotopic (exact) mass is 402 g/mol. The Balaban J connectivity index is 0.00000169. The Labute approximate surface area is 167 Å². The van der Waals surface area contributed by atoms with Gasteiger partial charge in [0.1, 0.15) is 0 Å². The van der Waals surface area contributed by atoms with Gasteiger partial charge in [0.15, 0.2) is 0 Å². The van der Waals surface area contributed by atoms with Gasteiger partial charge in [-0.05, 0) is 37.5 Å². The lowest BCUT2D eigenvalue weighted by molar-refractivity contribution is -0.126. The molecule has 3 rings (SSSR count). The molecule has 1 saturated heterocycles. The zero-order valence-corrected chi connectivity index (χ0v) is 16.7. The van der Waals surface area contributed by atoms with Crippen molar-refractivity contribution >= 4 is 36.6 Å². The number of piperazine rings is 1. The van der Waals surface area contributed by atoms with E-state index in [0.717, 1.165) is 31.5 Å². The van der Waals surface area contributed by atoms with Crippen molar-refractivity contribution in [1.82, 2.24) is 15.1 Å². The van der Waals surface area contributed by atoms with Crippen LogP contribution in [0.4, 0.5) is 0 Å². The molecule has 2 fully saturated rings. The number of hydrogen-bond donors (Lipinski definition) is 2. The van der Waals surface area contributed by atoms with E-state index in [4.69, 9.17) is 5.73 Å². The van der Waals surface area contributed by atoms with E-state index in [0.29, 0.717) is 31.2 Å². The van der Waals surface area contributed by atoms with E-state index < -0.39 is 0 Å². The molecule has 0 aromatic heterocycles. The van der Waals surface area contributed by atoms with Crippen molar-refractivity contribution in [2.24, 2.45) is 5.73 Å². The number of nitrogens with zero attached hydrogens (tertiary/aromatic N) is 2. The summed E-state index contributed by atoms with van der Waals surface area (Å²) in [5, 5.41) is 3.05. The van der Waals surface area contributed by atoms with Gasteiger partial charge >= 0.3 is 0 Å². The second-order valence-electron chi connectivity index (χ2n) is 6.69. The van der Waals surface area contributed by atoms with Crippen LogP contribution in [0.3, 0.4) is 0 Å². The first-order valence-electron chi connectivity index (χ1n) is 8.71. The van der Waals surface area contributed by atoms with Crippen molar-refractivity contribution in [2.75, 3.05) is 26.2 Å². The molecule has 1 aromatic carbocycles. The SMILES string of the molecule is CC(C(=O)NC1CC1)N1CCN(C(=O)c2ccc(CN)cc2)CC1.Cl.Cl. The Hall–Kier alpha value is -1.34. The van der Waals surface area contributed by atoms with E-state index in [1.54, 1.807) is 0 Å². The average Bonchev–Trinajstić information content (AvgIpc) is 3.44. The quantitative estimate of drug-likeness (QED) is 0.780. The average molecular weight is 403 g/mol. The highest BCUT2D eigenvalue weighted by molar-refractivity contribution is 5.94. The van der Waals surface area contributed by atoms with E-state index in [1.807, 2.05) is 36.1 Å². The fraction of sp³-hybridized carbons (Fsp3) is 0.556. The summed E-state index contributed by atoms with van der Waals surface area (Å²) in [6, 6.07) is 7.72. The minimum Gasteiger partial charge on any atom is -0.352 e. The van der Waals surface area contributed by atoms with Gasteiger partial charge in [0.2, 0.25) is 5.91 Å². The fourth-order valence-electron chi connectivity index (χ4n) is 2.99. The minimum absolute atomic E-state index is 0. The largest absolute Gasteiger partial charge is 0.352 e. The highest BCUT2D eigenvalue weighted by Gasteiger charge is 2.31. The third-order valence-corrected chi connectivity index (χ3v) is 4.89. The van der Waals surface area contributed by atoms with Gasteiger partial charge in [-0.1, -0.05) is 12.1 Å². The van der Waals surface area contributed by atoms with Gasteiger partial charge in [-0.2, -0.15) is 0 Å². The van der Waals surface area contributed by atoms with Crippen molar-refractivity contribution in [1.29, 1.82) is 0 Å². The first-order valence-corrected chi connectivity index (χ1v) is 8.71. The molecule has 0 bridgehead atoms. The summed E-state index contributed by atoms with van der Waals surface area (Å²) in [5.41, 5.74) is 7.30. The standard InChI is InChI=1S/C18H26N4O2.2ClH/c1-13(17(23)20-16-6-7-16)21-8-10-22(11-9-21)18(24)15-4-2-14(12-19)3-5-15;;/h2-5,13,16H,6-12,19H2,1H3,(H,20,23);2*1H. The molecule has 1 aromatic rings. The van der Waals surface area contributed by atoms with E-state index in [-0.39, 0.29) is 42.7 Å². The maximum atomic E-state index is 12.6. The van der Waals surface area contributed by atoms with Gasteiger partial charge in [0.05, 0.1) is 6.04 Å². The molecule has 146 valence electrons. The molecule has 0 radical (unpaired) electrons. The van der Waals surface area contributed by atoms with E-state index in [2.05, 4.69) is 10.2 Å². The van der Waals surface area contributed by atoms with Gasteiger partial charge in [-0.3, -0.25) is 14.5 Å². The van der Waals surface area contributed by atoms with Crippen LogP contribution in [-0.4, -0.2) is 59.9 Å². The summed E-state index contributed by atoms with van der Waals surface area (Å²) < 4.78 is 0. The number of hydrogen-bond acceptors (Lipinski definition) is 4. The number of carbonyl (C=O) groups is 2. The summed E-state index contributed by atoms with van der Waals surface area (Å²) in [4.78, 5) is 28.7. The van der Waals surface area contributed by atoms with Gasteiger partial charge < -0.3 is 16.0 Å². The molecule has 26 heavy (non-hydrogen) atoms. The Morgan fingerprint density at radius 3 is 2.19 bits per heavy atom. The zero-order valence-electron chi connectivity index (χ0n) is 15.0. The van der Waals surface area contributed by atoms with Crippen LogP contribution in [-0.2, 0) is 11.3 Å². The molecule has 6 nitrogen and oxygen atoms in total. The van der Waals surface area contributed by atoms with Gasteiger partial charge in [0, 0.05) is 44.3 Å². The highest BCUT2D eigenvalue weighted by Crippen LogP contribution is 2.19. The normalized spacial score (nSPS) is 18.3. The van der Waals surface area contributed by atoms with Crippen LogP contribution in [0.1, 0.15) is 35.7 Å². The molecule has 2 amide bonds. The number of nitrogens with one attached hydrogen (secondary N) is 1. The Bertz CT molecular complexity index is 600. The second kappa shape index (κ2) is 10.1. The summed E-state index contributed by atoms with van der Waals surface area (Å²) in [6.07, 6.45) is 2.20. The molecule has 3 N–H and O–H groups in total. The van der Waals surface area contributed by atoms with E-state index in [9.17, 15) is 9.59 Å². The van der Waals surface area contributed by atoms with Crippen molar-refractivity contribution in [3.05, 3.63) is 35.4 Å². The number of benzene rings is 1. The molecule has 1 aliphatic carbocycles. The Kier molecular flexibility index (Phi) is 8.83. The van der Waals surface area contributed by atoms with Gasteiger partial charge in [0.25, 0.3) is 5.91 Å². The van der Waals surface area contributed by atoms with E-state index >= 15 is 0 Å². The maximum Gasteiger partial charge on any atom is 0.253 e. The van der Waals surface area contributed by atoms with Crippen molar-refractivity contribution in [3.8, 4) is 0 Å². The van der Waals surface area contributed by atoms with Crippen LogP contribution in [0.15, 0.2) is 24.3 Å². The highest BCUT2D eigenvalue weighted by atomic mass is 35.5. The van der Waals surface area contributed by atoms with Crippen molar-refractivity contribution in [2.45, 2.75) is 38.4 Å². The molecule has 1 heterocycles. The maximum absolute atomic E-state index is 12.6. The fourth-order valence-corrected chi connectivity index (χ4v) is 2.99. The first-order chi connectivity index (χ1) is 11.6. The summed E-state index contributed by atoms with van der Waals surface area (Å²) in [5.74, 6) is 0.156. The third kappa shape index (κ3) is 5.58. The minimum atomic E-state index is -0.133. The van der Waals surface area contributed by atoms with Gasteiger partial charge in [-0.25, -0.2) is 0 Å². The third-order valence-electron chi connectivity index (χ3n) is 4.89. The lowest BCUT2D eigenvalue weighted by atomic mass is 10.1. The zero-order chi connectivity index (χ0) is 17.1. The van der Waals surface area contributed by atoms with Crippen LogP contribution >= 0.6 is 24.8 Å². The molecule has 1 unspecified atom stereocenters. The van der Waals surface area contributed by atoms with Crippen LogP contribution in [0.5, 0.6) is 0 Å². The molecule has 1 aliphatic heterocycles. The number of nitrogens with two attached hydrogens (primary N) is 1. The van der Waals surface area contributed by atoms with Crippen LogP contribution < -0.4 is 11.1 Å². The summed E-state index contributed by atoms with van der Waals surface area (Å²) in [6.45, 7) is 5.18. The Morgan fingerprint density at radius 2 is 1.69 bits per heavy atom. The topological polar surface area (TPSA) is 78.7 Å². The lowest BCUT2D eigenvalue weighted by Crippen LogP contribution is -2.55. The van der Waals surface area contributed by atoms with Gasteiger partial charge in [-0.15, -0.1) is 24.8 Å². The summed E-state index contributed by atoms with van der Waals surface area (Å²) >= 11 is 0. The smallest absolute Gasteiger partial charge is 0.253 e. The van der Waals surface area contributed by atoms with Crippen LogP contribution in [0.25, 0.3) is 0 Å². The number of carbonyl (C=O) groups excluding carboxylic acids is 2. The molecule has 8 heteroatoms. The molecular formula is C18H28Cl2N4O2. The Morgan fingerprint density at radius 1 is 1.12 bits per heavy atom. The van der Waals surface area contributed by atoms with Crippen LogP contribution in [0, 0.1) is 0 Å². The van der Waals surface area contributed by atoms with Crippen LogP contribution in [0.2, 0.25) is 0 Å². The molecule has 1 saturated carbocycles. The predicted octanol–water partition coefficient (Wildman–Crippen LogP) is 1.41. The number of halogens is 2. The van der Waals surface area contributed by atoms with Crippen molar-refractivity contribution < 1.29 is 9.59 Å². The molecule has 0 spiro atoms. The van der Waals surface area contributed by atoms with Crippen molar-refractivity contribution in [3.63, 3.8) is 0 Å². The number of rotatable bonds is 5. The number of amides is 2. The molecular weight excluding hydrogens is 375 g/mol. The summed E-state index contributed by atoms with van der Waals surface area (Å²) in [7, 11) is 0. The first kappa shape index (κ1) is 22.7. The second-order valence-corrected chi connectivity index (χ2v) is 6.69.